The Kier molecular flexibility index (Phi) is 8.89. The third kappa shape index (κ3) is 6.84. The van der Waals surface area contributed by atoms with Gasteiger partial charge in [-0.2, -0.15) is 22.0 Å². The number of carbonyl (C=O) groups excluding carboxylic acids is 1. The van der Waals surface area contributed by atoms with Crippen molar-refractivity contribution in [3.63, 3.8) is 0 Å². The van der Waals surface area contributed by atoms with Crippen LogP contribution in [-0.2, 0) is 4.79 Å². The number of hydrogen-bond acceptors (Lipinski definition) is 3. The average Bonchev–Trinajstić information content (AvgIpc) is 2.54. The number of amides is 1. The second-order valence-electron chi connectivity index (χ2n) is 5.12. The Morgan fingerprint density at radius 2 is 2.04 bits per heavy atom. The van der Waals surface area contributed by atoms with Crippen LogP contribution >= 0.6 is 36.3 Å². The fourth-order valence-corrected chi connectivity index (χ4v) is 4.15. The average molecular weight is 491 g/mol. The lowest BCUT2D eigenvalue weighted by atomic mass is 10.3. The van der Waals surface area contributed by atoms with E-state index in [1.54, 1.807) is 6.07 Å². The van der Waals surface area contributed by atoms with Crippen molar-refractivity contribution >= 4 is 47.9 Å². The van der Waals surface area contributed by atoms with E-state index in [2.05, 4.69) is 32.8 Å². The summed E-state index contributed by atoms with van der Waals surface area (Å²) in [5.41, 5.74) is 0.535. The quantitative estimate of drug-likeness (QED) is 0.216. The summed E-state index contributed by atoms with van der Waals surface area (Å²) in [5, 5.41) is 2.26. The molecular weight excluding hydrogens is 474 g/mol. The van der Waals surface area contributed by atoms with Crippen molar-refractivity contribution in [1.82, 2.24) is 10.3 Å². The number of halogens is 6. The predicted molar refractivity (Wildman–Crippen MR) is 103 cm³/mol. The third-order valence-electron chi connectivity index (χ3n) is 3.12. The molecule has 1 rings (SSSR count). The van der Waals surface area contributed by atoms with E-state index in [0.29, 0.717) is 5.69 Å². The maximum absolute atomic E-state index is 13.1. The molecule has 1 amide bonds. The maximum Gasteiger partial charge on any atom is 0.453 e. The van der Waals surface area contributed by atoms with Crippen LogP contribution in [0.5, 0.6) is 0 Å². The van der Waals surface area contributed by atoms with Gasteiger partial charge in [-0.3, -0.25) is 9.78 Å². The molecule has 0 bridgehead atoms. The highest BCUT2D eigenvalue weighted by Gasteiger charge is 2.56. The van der Waals surface area contributed by atoms with Gasteiger partial charge < -0.3 is 5.32 Å². The molecule has 1 atom stereocenters. The molecule has 0 saturated carbocycles. The Labute approximate surface area is 168 Å². The van der Waals surface area contributed by atoms with Crippen molar-refractivity contribution < 1.29 is 26.7 Å². The summed E-state index contributed by atoms with van der Waals surface area (Å²) in [5.74, 6) is -4.90. The standard InChI is InChI=1S/C16H17BrF5N2OPS/c1-4-11(26-8-15(18,19)16(20,21)22)14(25)24-9(3)13-12(27-5-2)6-10(17)7-23-13/h4,6-7,26H,3,5,8H2,1-2H3,(H,24,25)/b11-4+. The lowest BCUT2D eigenvalue weighted by Crippen LogP contribution is -2.38. The Bertz CT molecular complexity index is 740. The zero-order valence-corrected chi connectivity index (χ0v) is 17.8. The summed E-state index contributed by atoms with van der Waals surface area (Å²) in [6.07, 6.45) is -4.41. The minimum absolute atomic E-state index is 0.134. The summed E-state index contributed by atoms with van der Waals surface area (Å²) < 4.78 is 63.7. The van der Waals surface area contributed by atoms with Gasteiger partial charge in [0.25, 0.3) is 5.91 Å². The number of nitrogens with one attached hydrogen (secondary N) is 1. The summed E-state index contributed by atoms with van der Waals surface area (Å²) in [6, 6.07) is 1.79. The molecule has 1 N–H and O–H groups in total. The van der Waals surface area contributed by atoms with E-state index in [1.807, 2.05) is 6.92 Å². The molecule has 0 fully saturated rings. The molecule has 0 aliphatic heterocycles. The zero-order valence-electron chi connectivity index (χ0n) is 14.4. The summed E-state index contributed by atoms with van der Waals surface area (Å²) in [7, 11) is -1.01. The number of pyridine rings is 1. The van der Waals surface area contributed by atoms with E-state index in [9.17, 15) is 26.7 Å². The molecule has 27 heavy (non-hydrogen) atoms. The van der Waals surface area contributed by atoms with Crippen molar-refractivity contribution in [3.8, 4) is 0 Å². The summed E-state index contributed by atoms with van der Waals surface area (Å²) >= 11 is 4.75. The van der Waals surface area contributed by atoms with Gasteiger partial charge in [-0.05, 0) is 34.7 Å². The van der Waals surface area contributed by atoms with Crippen molar-refractivity contribution in [2.45, 2.75) is 30.8 Å². The third-order valence-corrected chi connectivity index (χ3v) is 5.98. The number of aromatic nitrogens is 1. The molecule has 1 aromatic rings. The second kappa shape index (κ2) is 9.98. The molecule has 0 spiro atoms. The summed E-state index contributed by atoms with van der Waals surface area (Å²) in [6.45, 7) is 7.05. The van der Waals surface area contributed by atoms with E-state index in [4.69, 9.17) is 0 Å². The van der Waals surface area contributed by atoms with Crippen LogP contribution in [0.2, 0.25) is 0 Å². The number of allylic oxidation sites excluding steroid dienone is 1. The first-order valence-corrected chi connectivity index (χ1v) is 10.5. The smallest absolute Gasteiger partial charge is 0.321 e. The van der Waals surface area contributed by atoms with E-state index in [1.165, 1.54) is 31.0 Å². The Morgan fingerprint density at radius 3 is 2.56 bits per heavy atom. The van der Waals surface area contributed by atoms with Gasteiger partial charge >= 0.3 is 12.1 Å². The molecule has 0 saturated heterocycles. The lowest BCUT2D eigenvalue weighted by Gasteiger charge is -2.20. The monoisotopic (exact) mass is 490 g/mol. The van der Waals surface area contributed by atoms with Gasteiger partial charge in [-0.1, -0.05) is 28.2 Å². The Morgan fingerprint density at radius 1 is 1.41 bits per heavy atom. The minimum atomic E-state index is -5.65. The largest absolute Gasteiger partial charge is 0.453 e. The van der Waals surface area contributed by atoms with E-state index in [0.717, 1.165) is 15.1 Å². The molecule has 11 heteroatoms. The Hall–Kier alpha value is -0.990. The van der Waals surface area contributed by atoms with Crippen molar-refractivity contribution in [3.05, 3.63) is 40.4 Å². The van der Waals surface area contributed by atoms with E-state index in [-0.39, 0.29) is 11.0 Å². The predicted octanol–water partition coefficient (Wildman–Crippen LogP) is 5.82. The molecule has 0 aliphatic carbocycles. The minimum Gasteiger partial charge on any atom is -0.321 e. The molecular formula is C16H17BrF5N2OPS. The van der Waals surface area contributed by atoms with Crippen LogP contribution in [-0.4, -0.2) is 34.9 Å². The molecule has 0 aliphatic rings. The number of carbonyl (C=O) groups is 1. The Balaban J connectivity index is 2.86. The van der Waals surface area contributed by atoms with Crippen LogP contribution in [0.1, 0.15) is 19.5 Å². The van der Waals surface area contributed by atoms with Gasteiger partial charge in [-0.25, -0.2) is 0 Å². The zero-order chi connectivity index (χ0) is 20.8. The molecule has 3 nitrogen and oxygen atoms in total. The molecule has 0 aromatic carbocycles. The second-order valence-corrected chi connectivity index (χ2v) is 8.59. The van der Waals surface area contributed by atoms with E-state index < -0.39 is 32.7 Å². The molecule has 1 aromatic heterocycles. The number of alkyl halides is 5. The molecule has 0 radical (unpaired) electrons. The van der Waals surface area contributed by atoms with E-state index >= 15 is 0 Å². The first-order chi connectivity index (χ1) is 12.4. The van der Waals surface area contributed by atoms with Gasteiger partial charge in [0.05, 0.1) is 11.4 Å². The molecule has 1 heterocycles. The highest BCUT2D eigenvalue weighted by Crippen LogP contribution is 2.41. The SMILES string of the molecule is C=C(NC(=O)/C(=C\C)PCC(F)(F)C(F)(F)F)c1ncc(Br)cc1SCC. The van der Waals surface area contributed by atoms with Crippen LogP contribution in [0.15, 0.2) is 39.6 Å². The fraction of sp³-hybridized carbons (Fsp3) is 0.375. The highest BCUT2D eigenvalue weighted by molar-refractivity contribution is 9.10. The van der Waals surface area contributed by atoms with Gasteiger partial charge in [-0.15, -0.1) is 11.8 Å². The van der Waals surface area contributed by atoms with Crippen molar-refractivity contribution in [1.29, 1.82) is 0 Å². The number of hydrogen-bond donors (Lipinski definition) is 1. The lowest BCUT2D eigenvalue weighted by molar-refractivity contribution is -0.271. The fourth-order valence-electron chi connectivity index (χ4n) is 1.80. The van der Waals surface area contributed by atoms with Crippen LogP contribution in [0.4, 0.5) is 22.0 Å². The normalized spacial score (nSPS) is 13.3. The first-order valence-electron chi connectivity index (χ1n) is 7.56. The summed E-state index contributed by atoms with van der Waals surface area (Å²) in [4.78, 5) is 17.2. The number of thioether (sulfide) groups is 1. The number of rotatable bonds is 8. The van der Waals surface area contributed by atoms with Gasteiger partial charge in [0.15, 0.2) is 0 Å². The van der Waals surface area contributed by atoms with Crippen LogP contribution in [0.25, 0.3) is 5.70 Å². The molecule has 150 valence electrons. The number of nitrogens with zero attached hydrogens (tertiary/aromatic N) is 1. The van der Waals surface area contributed by atoms with Crippen molar-refractivity contribution in [2.75, 3.05) is 11.9 Å². The van der Waals surface area contributed by atoms with Crippen molar-refractivity contribution in [2.24, 2.45) is 0 Å². The van der Waals surface area contributed by atoms with Crippen LogP contribution < -0.4 is 5.32 Å². The van der Waals surface area contributed by atoms with Gasteiger partial charge in [0.2, 0.25) is 0 Å². The van der Waals surface area contributed by atoms with Gasteiger partial charge in [0, 0.05) is 27.0 Å². The van der Waals surface area contributed by atoms with Gasteiger partial charge in [0.1, 0.15) is 0 Å². The first kappa shape index (κ1) is 24.0. The maximum atomic E-state index is 13.1. The highest BCUT2D eigenvalue weighted by atomic mass is 79.9. The van der Waals surface area contributed by atoms with Crippen LogP contribution in [0, 0.1) is 0 Å². The molecule has 1 unspecified atom stereocenters. The van der Waals surface area contributed by atoms with Crippen LogP contribution in [0.3, 0.4) is 0 Å². The topological polar surface area (TPSA) is 42.0 Å².